The van der Waals surface area contributed by atoms with E-state index in [2.05, 4.69) is 26.2 Å². The Balaban J connectivity index is 2.13. The summed E-state index contributed by atoms with van der Waals surface area (Å²) in [6, 6.07) is 10.6. The van der Waals surface area contributed by atoms with E-state index in [1.54, 1.807) is 12.3 Å². The highest BCUT2D eigenvalue weighted by atomic mass is 79.9. The van der Waals surface area contributed by atoms with Crippen molar-refractivity contribution in [2.45, 2.75) is 6.04 Å². The van der Waals surface area contributed by atoms with E-state index in [-0.39, 0.29) is 12.5 Å². The lowest BCUT2D eigenvalue weighted by Crippen LogP contribution is -2.30. The summed E-state index contributed by atoms with van der Waals surface area (Å²) in [5, 5.41) is 12.2. The quantitative estimate of drug-likeness (QED) is 0.908. The van der Waals surface area contributed by atoms with Crippen LogP contribution in [0, 0.1) is 0 Å². The predicted molar refractivity (Wildman–Crippen MR) is 75.7 cm³/mol. The number of benzene rings is 1. The molecule has 2 N–H and O–H groups in total. The zero-order chi connectivity index (χ0) is 13.7. The van der Waals surface area contributed by atoms with Gasteiger partial charge in [0.25, 0.3) is 5.91 Å². The molecule has 1 atom stereocenters. The van der Waals surface area contributed by atoms with Gasteiger partial charge in [-0.05, 0) is 27.6 Å². The van der Waals surface area contributed by atoms with Crippen molar-refractivity contribution in [1.29, 1.82) is 0 Å². The maximum Gasteiger partial charge on any atom is 0.253 e. The number of aromatic nitrogens is 1. The molecule has 2 aromatic rings. The van der Waals surface area contributed by atoms with Gasteiger partial charge >= 0.3 is 0 Å². The highest BCUT2D eigenvalue weighted by Gasteiger charge is 2.14. The first-order chi connectivity index (χ1) is 9.20. The molecule has 1 aromatic carbocycles. The molecule has 0 bridgehead atoms. The Morgan fingerprint density at radius 1 is 1.32 bits per heavy atom. The molecule has 1 amide bonds. The van der Waals surface area contributed by atoms with Crippen LogP contribution in [-0.2, 0) is 0 Å². The van der Waals surface area contributed by atoms with Gasteiger partial charge in [-0.25, -0.2) is 0 Å². The van der Waals surface area contributed by atoms with Crippen LogP contribution in [0.5, 0.6) is 0 Å². The van der Waals surface area contributed by atoms with Gasteiger partial charge in [-0.1, -0.05) is 30.3 Å². The van der Waals surface area contributed by atoms with Crippen LogP contribution in [0.4, 0.5) is 0 Å². The van der Waals surface area contributed by atoms with Crippen molar-refractivity contribution in [2.75, 3.05) is 6.61 Å². The average Bonchev–Trinajstić information content (AvgIpc) is 2.45. The third-order valence-electron chi connectivity index (χ3n) is 2.66. The van der Waals surface area contributed by atoms with Gasteiger partial charge in [-0.2, -0.15) is 0 Å². The second kappa shape index (κ2) is 6.45. The van der Waals surface area contributed by atoms with Crippen molar-refractivity contribution >= 4 is 21.8 Å². The Morgan fingerprint density at radius 3 is 2.68 bits per heavy atom. The van der Waals surface area contributed by atoms with E-state index in [9.17, 15) is 9.90 Å². The molecule has 0 saturated heterocycles. The number of rotatable bonds is 4. The van der Waals surface area contributed by atoms with Gasteiger partial charge in [0.2, 0.25) is 0 Å². The molecule has 0 saturated carbocycles. The summed E-state index contributed by atoms with van der Waals surface area (Å²) >= 11 is 3.27. The second-order valence-electron chi connectivity index (χ2n) is 4.01. The van der Waals surface area contributed by atoms with Crippen molar-refractivity contribution in [1.82, 2.24) is 10.3 Å². The molecule has 0 aliphatic rings. The molecule has 0 fully saturated rings. The fourth-order valence-electron chi connectivity index (χ4n) is 1.70. The number of aliphatic hydroxyl groups is 1. The normalized spacial score (nSPS) is 11.9. The third-order valence-corrected chi connectivity index (χ3v) is 3.09. The average molecular weight is 321 g/mol. The lowest BCUT2D eigenvalue weighted by atomic mass is 10.1. The lowest BCUT2D eigenvalue weighted by Gasteiger charge is -2.16. The Labute approximate surface area is 119 Å². The summed E-state index contributed by atoms with van der Waals surface area (Å²) in [4.78, 5) is 16.0. The highest BCUT2D eigenvalue weighted by molar-refractivity contribution is 9.10. The molecule has 0 aliphatic heterocycles. The highest BCUT2D eigenvalue weighted by Crippen LogP contribution is 2.14. The zero-order valence-corrected chi connectivity index (χ0v) is 11.7. The third kappa shape index (κ3) is 3.62. The van der Waals surface area contributed by atoms with Gasteiger partial charge in [-0.3, -0.25) is 9.78 Å². The minimum atomic E-state index is -0.423. The first kappa shape index (κ1) is 13.7. The number of nitrogens with one attached hydrogen (secondary N) is 1. The van der Waals surface area contributed by atoms with Gasteiger partial charge in [0.05, 0.1) is 18.2 Å². The zero-order valence-electron chi connectivity index (χ0n) is 10.1. The van der Waals surface area contributed by atoms with E-state index in [1.807, 2.05) is 30.3 Å². The van der Waals surface area contributed by atoms with Crippen molar-refractivity contribution in [3.8, 4) is 0 Å². The number of hydrogen-bond donors (Lipinski definition) is 2. The van der Waals surface area contributed by atoms with Crippen molar-refractivity contribution < 1.29 is 9.90 Å². The predicted octanol–water partition coefficient (Wildman–Crippen LogP) is 2.31. The van der Waals surface area contributed by atoms with Gasteiger partial charge in [0.1, 0.15) is 0 Å². The monoisotopic (exact) mass is 320 g/mol. The summed E-state index contributed by atoms with van der Waals surface area (Å²) in [5.74, 6) is -0.267. The van der Waals surface area contributed by atoms with E-state index >= 15 is 0 Å². The van der Waals surface area contributed by atoms with Crippen LogP contribution in [0.1, 0.15) is 22.0 Å². The largest absolute Gasteiger partial charge is 0.394 e. The van der Waals surface area contributed by atoms with Gasteiger partial charge in [0, 0.05) is 16.9 Å². The first-order valence-electron chi connectivity index (χ1n) is 5.78. The van der Waals surface area contributed by atoms with E-state index < -0.39 is 6.04 Å². The molecule has 0 spiro atoms. The van der Waals surface area contributed by atoms with Crippen molar-refractivity contribution in [3.63, 3.8) is 0 Å². The SMILES string of the molecule is O=C(N[C@H](CO)c1ccccc1)c1cncc(Br)c1. The van der Waals surface area contributed by atoms with Crippen LogP contribution in [-0.4, -0.2) is 22.6 Å². The summed E-state index contributed by atoms with van der Waals surface area (Å²) in [6.07, 6.45) is 3.09. The Hall–Kier alpha value is -1.72. The van der Waals surface area contributed by atoms with E-state index in [0.717, 1.165) is 10.0 Å². The Kier molecular flexibility index (Phi) is 4.65. The van der Waals surface area contributed by atoms with Crippen LogP contribution in [0.2, 0.25) is 0 Å². The molecule has 1 heterocycles. The first-order valence-corrected chi connectivity index (χ1v) is 6.57. The van der Waals surface area contributed by atoms with E-state index in [1.165, 1.54) is 6.20 Å². The molecule has 1 aromatic heterocycles. The molecule has 19 heavy (non-hydrogen) atoms. The molecule has 0 radical (unpaired) electrons. The minimum absolute atomic E-state index is 0.156. The van der Waals surface area contributed by atoms with Crippen LogP contribution >= 0.6 is 15.9 Å². The number of nitrogens with zero attached hydrogens (tertiary/aromatic N) is 1. The van der Waals surface area contributed by atoms with Crippen molar-refractivity contribution in [2.24, 2.45) is 0 Å². The van der Waals surface area contributed by atoms with Crippen LogP contribution in [0.25, 0.3) is 0 Å². The summed E-state index contributed by atoms with van der Waals surface area (Å²) in [7, 11) is 0. The van der Waals surface area contributed by atoms with Crippen molar-refractivity contribution in [3.05, 3.63) is 64.4 Å². The number of halogens is 1. The van der Waals surface area contributed by atoms with Crippen LogP contribution < -0.4 is 5.32 Å². The number of carbonyl (C=O) groups excluding carboxylic acids is 1. The standard InChI is InChI=1S/C14H13BrN2O2/c15-12-6-11(7-16-8-12)14(19)17-13(9-18)10-4-2-1-3-5-10/h1-8,13,18H,9H2,(H,17,19)/t13-/m1/s1. The second-order valence-corrected chi connectivity index (χ2v) is 4.93. The van der Waals surface area contributed by atoms with E-state index in [0.29, 0.717) is 5.56 Å². The molecule has 5 heteroatoms. The minimum Gasteiger partial charge on any atom is -0.394 e. The molecule has 2 rings (SSSR count). The maximum absolute atomic E-state index is 12.1. The van der Waals surface area contributed by atoms with Crippen LogP contribution in [0.3, 0.4) is 0 Å². The Bertz CT molecular complexity index is 560. The smallest absolute Gasteiger partial charge is 0.253 e. The maximum atomic E-state index is 12.1. The van der Waals surface area contributed by atoms with Gasteiger partial charge in [0.15, 0.2) is 0 Å². The molecule has 0 unspecified atom stereocenters. The molecule has 0 aliphatic carbocycles. The molecule has 98 valence electrons. The molecular weight excluding hydrogens is 308 g/mol. The topological polar surface area (TPSA) is 62.2 Å². The number of carbonyl (C=O) groups is 1. The number of pyridine rings is 1. The lowest BCUT2D eigenvalue weighted by molar-refractivity contribution is 0.0916. The summed E-state index contributed by atoms with van der Waals surface area (Å²) in [6.45, 7) is -0.156. The fourth-order valence-corrected chi connectivity index (χ4v) is 2.06. The number of amides is 1. The molecule has 4 nitrogen and oxygen atoms in total. The molecular formula is C14H13BrN2O2. The summed E-state index contributed by atoms with van der Waals surface area (Å²) in [5.41, 5.74) is 1.31. The van der Waals surface area contributed by atoms with Gasteiger partial charge < -0.3 is 10.4 Å². The van der Waals surface area contributed by atoms with E-state index in [4.69, 9.17) is 0 Å². The van der Waals surface area contributed by atoms with Crippen LogP contribution in [0.15, 0.2) is 53.3 Å². The summed E-state index contributed by atoms with van der Waals surface area (Å²) < 4.78 is 0.736. The fraction of sp³-hybridized carbons (Fsp3) is 0.143. The van der Waals surface area contributed by atoms with Gasteiger partial charge in [-0.15, -0.1) is 0 Å². The number of aliphatic hydroxyl groups excluding tert-OH is 1. The Morgan fingerprint density at radius 2 is 2.05 bits per heavy atom. The number of hydrogen-bond acceptors (Lipinski definition) is 3.